The van der Waals surface area contributed by atoms with E-state index in [-0.39, 0.29) is 16.8 Å². The molecule has 11 heteroatoms. The summed E-state index contributed by atoms with van der Waals surface area (Å²) in [6, 6.07) is 7.52. The quantitative estimate of drug-likeness (QED) is 0.292. The molecule has 0 aliphatic carbocycles. The number of aryl methyl sites for hydroxylation is 2. The highest BCUT2D eigenvalue weighted by Gasteiger charge is 2.34. The van der Waals surface area contributed by atoms with Crippen LogP contribution in [-0.4, -0.2) is 33.7 Å². The standard InChI is InChI=1S/C28H34F3N7O/c1-17-7-8-20(12-26(17)38(33)16-25(32)23-14-34-36(4)19(23)3)27(39)35-22-11-21(15-37-9-5-6-10-37)18(2)24(13-22)28(29,30)31/h7-8,11-14,16H,5-6,9-10,15,32-33H2,1-4H3,(H,35,39)/b25-16-. The molecule has 1 fully saturated rings. The predicted octanol–water partition coefficient (Wildman–Crippen LogP) is 4.85. The van der Waals surface area contributed by atoms with E-state index in [1.54, 1.807) is 42.2 Å². The fourth-order valence-corrected chi connectivity index (χ4v) is 4.79. The third-order valence-corrected chi connectivity index (χ3v) is 7.25. The van der Waals surface area contributed by atoms with Crippen molar-refractivity contribution >= 4 is 23.0 Å². The highest BCUT2D eigenvalue weighted by molar-refractivity contribution is 6.05. The van der Waals surface area contributed by atoms with E-state index in [2.05, 4.69) is 15.3 Å². The molecule has 0 atom stereocenters. The Labute approximate surface area is 226 Å². The summed E-state index contributed by atoms with van der Waals surface area (Å²) in [6.07, 6.45) is 0.686. The zero-order valence-electron chi connectivity index (χ0n) is 22.6. The maximum Gasteiger partial charge on any atom is 0.416 e. The van der Waals surface area contributed by atoms with Crippen molar-refractivity contribution in [2.45, 2.75) is 46.3 Å². The Morgan fingerprint density at radius 1 is 1.15 bits per heavy atom. The van der Waals surface area contributed by atoms with Crippen molar-refractivity contribution in [3.63, 3.8) is 0 Å². The van der Waals surface area contributed by atoms with Gasteiger partial charge in [-0.05, 0) is 87.7 Å². The van der Waals surface area contributed by atoms with E-state index in [1.807, 2.05) is 13.8 Å². The van der Waals surface area contributed by atoms with Crippen molar-refractivity contribution in [2.75, 3.05) is 23.4 Å². The van der Waals surface area contributed by atoms with Gasteiger partial charge in [0.05, 0.1) is 23.1 Å². The van der Waals surface area contributed by atoms with E-state index in [0.717, 1.165) is 48.8 Å². The van der Waals surface area contributed by atoms with E-state index in [1.165, 1.54) is 18.1 Å². The number of anilines is 2. The minimum absolute atomic E-state index is 0.0926. The molecule has 1 saturated heterocycles. The normalized spacial score (nSPS) is 14.6. The number of halogens is 3. The molecular weight excluding hydrogens is 507 g/mol. The molecule has 0 bridgehead atoms. The van der Waals surface area contributed by atoms with Gasteiger partial charge in [-0.25, -0.2) is 5.84 Å². The Morgan fingerprint density at radius 3 is 2.46 bits per heavy atom. The summed E-state index contributed by atoms with van der Waals surface area (Å²) >= 11 is 0. The number of alkyl halides is 3. The number of hydrazine groups is 1. The van der Waals surface area contributed by atoms with Gasteiger partial charge < -0.3 is 11.1 Å². The molecule has 0 saturated carbocycles. The molecule has 2 aromatic carbocycles. The number of amides is 1. The highest BCUT2D eigenvalue weighted by atomic mass is 19.4. The summed E-state index contributed by atoms with van der Waals surface area (Å²) in [5, 5.41) is 8.16. The number of rotatable bonds is 7. The molecule has 1 aliphatic rings. The van der Waals surface area contributed by atoms with Crippen molar-refractivity contribution in [1.82, 2.24) is 14.7 Å². The number of benzene rings is 2. The number of hydrogen-bond donors (Lipinski definition) is 3. The second-order valence-corrected chi connectivity index (χ2v) is 10.0. The first kappa shape index (κ1) is 28.2. The number of hydrogen-bond acceptors (Lipinski definition) is 6. The van der Waals surface area contributed by atoms with Crippen LogP contribution in [0.2, 0.25) is 0 Å². The van der Waals surface area contributed by atoms with Gasteiger partial charge in [0.1, 0.15) is 0 Å². The average molecular weight is 542 g/mol. The lowest BCUT2D eigenvalue weighted by molar-refractivity contribution is -0.138. The van der Waals surface area contributed by atoms with Crippen molar-refractivity contribution in [3.8, 4) is 0 Å². The van der Waals surface area contributed by atoms with Gasteiger partial charge in [0.25, 0.3) is 5.91 Å². The van der Waals surface area contributed by atoms with Gasteiger partial charge in [0.15, 0.2) is 0 Å². The zero-order valence-corrected chi connectivity index (χ0v) is 22.6. The molecule has 1 amide bonds. The van der Waals surface area contributed by atoms with Gasteiger partial charge in [-0.15, -0.1) is 0 Å². The molecule has 0 radical (unpaired) electrons. The lowest BCUT2D eigenvalue weighted by Crippen LogP contribution is -2.27. The Morgan fingerprint density at radius 2 is 1.85 bits per heavy atom. The molecule has 39 heavy (non-hydrogen) atoms. The van der Waals surface area contributed by atoms with Crippen LogP contribution in [0.15, 0.2) is 42.7 Å². The van der Waals surface area contributed by atoms with Gasteiger partial charge in [0, 0.05) is 42.3 Å². The fraction of sp³-hybridized carbons (Fsp3) is 0.357. The van der Waals surface area contributed by atoms with E-state index < -0.39 is 17.6 Å². The van der Waals surface area contributed by atoms with Crippen LogP contribution in [0.1, 0.15) is 56.7 Å². The average Bonchev–Trinajstić information content (AvgIpc) is 3.50. The zero-order chi connectivity index (χ0) is 28.5. The summed E-state index contributed by atoms with van der Waals surface area (Å²) in [5.74, 6) is 5.74. The fourth-order valence-electron chi connectivity index (χ4n) is 4.79. The molecule has 1 aliphatic heterocycles. The SMILES string of the molecule is Cc1ccc(C(=O)Nc2cc(CN3CCCC3)c(C)c(C(F)(F)F)c2)cc1N(N)/C=C(\N)c1cnn(C)c1C. The predicted molar refractivity (Wildman–Crippen MR) is 147 cm³/mol. The molecule has 1 aromatic heterocycles. The maximum absolute atomic E-state index is 13.9. The van der Waals surface area contributed by atoms with E-state index in [0.29, 0.717) is 23.5 Å². The van der Waals surface area contributed by atoms with Crippen molar-refractivity contribution < 1.29 is 18.0 Å². The van der Waals surface area contributed by atoms with Gasteiger partial charge in [-0.2, -0.15) is 18.3 Å². The van der Waals surface area contributed by atoms with Gasteiger partial charge in [-0.3, -0.25) is 19.4 Å². The molecule has 5 N–H and O–H groups in total. The maximum atomic E-state index is 13.9. The molecule has 8 nitrogen and oxygen atoms in total. The smallest absolute Gasteiger partial charge is 0.397 e. The monoisotopic (exact) mass is 541 g/mol. The van der Waals surface area contributed by atoms with Crippen molar-refractivity contribution in [3.05, 3.63) is 81.8 Å². The number of carbonyl (C=O) groups is 1. The Balaban J connectivity index is 1.60. The van der Waals surface area contributed by atoms with Crippen LogP contribution >= 0.6 is 0 Å². The minimum Gasteiger partial charge on any atom is -0.397 e. The summed E-state index contributed by atoms with van der Waals surface area (Å²) in [4.78, 5) is 15.3. The number of aromatic nitrogens is 2. The molecule has 0 spiro atoms. The van der Waals surface area contributed by atoms with Gasteiger partial charge >= 0.3 is 6.18 Å². The first-order chi connectivity index (χ1) is 18.3. The summed E-state index contributed by atoms with van der Waals surface area (Å²) < 4.78 is 43.3. The number of nitrogens with two attached hydrogens (primary N) is 2. The Hall–Kier alpha value is -3.83. The Bertz CT molecular complexity index is 1400. The van der Waals surface area contributed by atoms with Crippen LogP contribution in [0.25, 0.3) is 5.70 Å². The third kappa shape index (κ3) is 6.26. The van der Waals surface area contributed by atoms with Crippen LogP contribution in [0.5, 0.6) is 0 Å². The highest BCUT2D eigenvalue weighted by Crippen LogP contribution is 2.36. The first-order valence-electron chi connectivity index (χ1n) is 12.7. The van der Waals surface area contributed by atoms with Crippen LogP contribution in [0.4, 0.5) is 24.5 Å². The topological polar surface area (TPSA) is 105 Å². The van der Waals surface area contributed by atoms with E-state index >= 15 is 0 Å². The van der Waals surface area contributed by atoms with Crippen LogP contribution in [0, 0.1) is 20.8 Å². The second-order valence-electron chi connectivity index (χ2n) is 10.0. The number of nitrogens with zero attached hydrogens (tertiary/aromatic N) is 4. The molecule has 4 rings (SSSR count). The Kier molecular flexibility index (Phi) is 8.03. The number of carbonyl (C=O) groups excluding carboxylic acids is 1. The minimum atomic E-state index is -4.54. The third-order valence-electron chi connectivity index (χ3n) is 7.25. The molecular formula is C28H34F3N7O. The lowest BCUT2D eigenvalue weighted by atomic mass is 9.99. The van der Waals surface area contributed by atoms with Crippen LogP contribution < -0.4 is 21.9 Å². The van der Waals surface area contributed by atoms with Crippen LogP contribution in [-0.2, 0) is 19.8 Å². The molecule has 2 heterocycles. The first-order valence-corrected chi connectivity index (χ1v) is 12.7. The molecule has 0 unspecified atom stereocenters. The number of nitrogens with one attached hydrogen (secondary N) is 1. The second kappa shape index (κ2) is 11.1. The van der Waals surface area contributed by atoms with Crippen molar-refractivity contribution in [2.24, 2.45) is 18.6 Å². The van der Waals surface area contributed by atoms with E-state index in [4.69, 9.17) is 11.6 Å². The number of likely N-dealkylation sites (tertiary alicyclic amines) is 1. The van der Waals surface area contributed by atoms with Gasteiger partial charge in [0.2, 0.25) is 0 Å². The summed E-state index contributed by atoms with van der Waals surface area (Å²) in [5.41, 5.74) is 9.83. The van der Waals surface area contributed by atoms with Crippen LogP contribution in [0.3, 0.4) is 0 Å². The lowest BCUT2D eigenvalue weighted by Gasteiger charge is -2.21. The molecule has 3 aromatic rings. The van der Waals surface area contributed by atoms with E-state index in [9.17, 15) is 18.0 Å². The molecule has 208 valence electrons. The van der Waals surface area contributed by atoms with Crippen molar-refractivity contribution in [1.29, 1.82) is 0 Å². The largest absolute Gasteiger partial charge is 0.416 e. The summed E-state index contributed by atoms with van der Waals surface area (Å²) in [6.45, 7) is 7.28. The van der Waals surface area contributed by atoms with Gasteiger partial charge in [-0.1, -0.05) is 6.07 Å². The summed E-state index contributed by atoms with van der Waals surface area (Å²) in [7, 11) is 1.81.